The first-order valence-corrected chi connectivity index (χ1v) is 7.31. The normalized spacial score (nSPS) is 27.2. The smallest absolute Gasteiger partial charge is 0.329 e. The maximum atomic E-state index is 12.6. The second kappa shape index (κ2) is 5.39. The molecule has 1 heterocycles. The van der Waals surface area contributed by atoms with Crippen molar-refractivity contribution in [1.29, 1.82) is 0 Å². The molecule has 2 fully saturated rings. The maximum absolute atomic E-state index is 12.6. The van der Waals surface area contributed by atoms with Gasteiger partial charge in [-0.1, -0.05) is 13.3 Å². The average Bonchev–Trinajstić information content (AvgIpc) is 2.71. The van der Waals surface area contributed by atoms with Crippen LogP contribution in [0.4, 0.5) is 4.79 Å². The van der Waals surface area contributed by atoms with Gasteiger partial charge >= 0.3 is 12.0 Å². The van der Waals surface area contributed by atoms with Crippen LogP contribution in [-0.4, -0.2) is 52.1 Å². The van der Waals surface area contributed by atoms with E-state index in [9.17, 15) is 14.7 Å². The largest absolute Gasteiger partial charge is 0.479 e. The quantitative estimate of drug-likeness (QED) is 0.851. The van der Waals surface area contributed by atoms with Gasteiger partial charge in [0.15, 0.2) is 0 Å². The zero-order valence-electron chi connectivity index (χ0n) is 11.9. The Morgan fingerprint density at radius 1 is 1.37 bits per heavy atom. The summed E-state index contributed by atoms with van der Waals surface area (Å²) in [5, 5.41) is 9.59. The lowest BCUT2D eigenvalue weighted by molar-refractivity contribution is -0.149. The van der Waals surface area contributed by atoms with Gasteiger partial charge in [-0.05, 0) is 38.5 Å². The molecule has 1 aliphatic heterocycles. The molecule has 0 spiro atoms. The predicted molar refractivity (Wildman–Crippen MR) is 72.0 cm³/mol. The Balaban J connectivity index is 2.16. The van der Waals surface area contributed by atoms with E-state index in [1.807, 2.05) is 14.0 Å². The number of carboxylic acids is 1. The molecule has 1 saturated heterocycles. The molecular formula is C14H24N2O3. The molecule has 0 radical (unpaired) electrons. The van der Waals surface area contributed by atoms with Crippen LogP contribution >= 0.6 is 0 Å². The molecule has 2 aliphatic rings. The molecule has 2 rings (SSSR count). The van der Waals surface area contributed by atoms with Crippen molar-refractivity contribution in [2.75, 3.05) is 13.6 Å². The van der Waals surface area contributed by atoms with E-state index in [2.05, 4.69) is 0 Å². The third kappa shape index (κ3) is 2.30. The number of carbonyl (C=O) groups is 2. The van der Waals surface area contributed by atoms with Crippen LogP contribution in [0.2, 0.25) is 0 Å². The van der Waals surface area contributed by atoms with Gasteiger partial charge < -0.3 is 14.9 Å². The van der Waals surface area contributed by atoms with E-state index in [0.717, 1.165) is 25.7 Å². The van der Waals surface area contributed by atoms with Gasteiger partial charge in [0.1, 0.15) is 5.54 Å². The Morgan fingerprint density at radius 3 is 2.53 bits per heavy atom. The molecule has 0 aromatic carbocycles. The van der Waals surface area contributed by atoms with Crippen molar-refractivity contribution in [2.24, 2.45) is 0 Å². The number of rotatable bonds is 4. The summed E-state index contributed by atoms with van der Waals surface area (Å²) in [5.41, 5.74) is -0.968. The number of aliphatic carboxylic acids is 1. The summed E-state index contributed by atoms with van der Waals surface area (Å²) in [6.45, 7) is 2.55. The predicted octanol–water partition coefficient (Wildman–Crippen LogP) is 2.31. The average molecular weight is 268 g/mol. The minimum absolute atomic E-state index is 0.0990. The molecule has 5 heteroatoms. The zero-order chi connectivity index (χ0) is 14.0. The van der Waals surface area contributed by atoms with Crippen molar-refractivity contribution in [1.82, 2.24) is 9.80 Å². The first-order chi connectivity index (χ1) is 9.03. The van der Waals surface area contributed by atoms with Crippen LogP contribution in [-0.2, 0) is 4.79 Å². The molecule has 108 valence electrons. The molecule has 0 bridgehead atoms. The van der Waals surface area contributed by atoms with Crippen LogP contribution in [0.15, 0.2) is 0 Å². The highest BCUT2D eigenvalue weighted by Gasteiger charge is 2.50. The number of likely N-dealkylation sites (tertiary alicyclic amines) is 1. The summed E-state index contributed by atoms with van der Waals surface area (Å²) in [4.78, 5) is 27.6. The first-order valence-electron chi connectivity index (χ1n) is 7.31. The van der Waals surface area contributed by atoms with E-state index in [4.69, 9.17) is 0 Å². The number of amides is 2. The summed E-state index contributed by atoms with van der Waals surface area (Å²) >= 11 is 0. The molecule has 1 aliphatic carbocycles. The lowest BCUT2D eigenvalue weighted by Crippen LogP contribution is -2.58. The van der Waals surface area contributed by atoms with Crippen LogP contribution < -0.4 is 0 Å². The van der Waals surface area contributed by atoms with Crippen molar-refractivity contribution < 1.29 is 14.7 Å². The van der Waals surface area contributed by atoms with E-state index in [1.54, 1.807) is 9.80 Å². The van der Waals surface area contributed by atoms with E-state index >= 15 is 0 Å². The zero-order valence-corrected chi connectivity index (χ0v) is 11.9. The number of nitrogens with zero attached hydrogens (tertiary/aromatic N) is 2. The van der Waals surface area contributed by atoms with E-state index < -0.39 is 11.5 Å². The van der Waals surface area contributed by atoms with Gasteiger partial charge in [-0.25, -0.2) is 9.59 Å². The second-order valence-electron chi connectivity index (χ2n) is 5.82. The maximum Gasteiger partial charge on any atom is 0.329 e. The van der Waals surface area contributed by atoms with E-state index in [-0.39, 0.29) is 6.03 Å². The summed E-state index contributed by atoms with van der Waals surface area (Å²) in [6, 6.07) is 0.208. The fourth-order valence-corrected chi connectivity index (χ4v) is 3.28. The summed E-state index contributed by atoms with van der Waals surface area (Å²) in [5.74, 6) is -0.845. The van der Waals surface area contributed by atoms with Crippen molar-refractivity contribution in [3.8, 4) is 0 Å². The Kier molecular flexibility index (Phi) is 4.02. The molecule has 1 saturated carbocycles. The van der Waals surface area contributed by atoms with E-state index in [1.165, 1.54) is 6.42 Å². The Bertz CT molecular complexity index is 368. The standard InChI is InChI=1S/C14H24N2O3/c1-3-8-14(12(17)18)9-5-10-16(14)13(19)15(2)11-6-4-7-11/h11H,3-10H2,1-2H3,(H,17,18). The van der Waals surface area contributed by atoms with Crippen molar-refractivity contribution in [2.45, 2.75) is 63.5 Å². The fraction of sp³-hybridized carbons (Fsp3) is 0.857. The summed E-state index contributed by atoms with van der Waals surface area (Å²) < 4.78 is 0. The number of carboxylic acid groups (broad SMARTS) is 1. The molecule has 1 atom stereocenters. The molecule has 1 unspecified atom stereocenters. The summed E-state index contributed by atoms with van der Waals surface area (Å²) in [6.07, 6.45) is 5.96. The van der Waals surface area contributed by atoms with Crippen LogP contribution in [0.25, 0.3) is 0 Å². The molecule has 0 aromatic heterocycles. The topological polar surface area (TPSA) is 60.9 Å². The van der Waals surface area contributed by atoms with Crippen LogP contribution in [0.5, 0.6) is 0 Å². The molecule has 5 nitrogen and oxygen atoms in total. The number of carbonyl (C=O) groups excluding carboxylic acids is 1. The molecule has 19 heavy (non-hydrogen) atoms. The van der Waals surface area contributed by atoms with Crippen molar-refractivity contribution in [3.05, 3.63) is 0 Å². The van der Waals surface area contributed by atoms with Crippen LogP contribution in [0.3, 0.4) is 0 Å². The SMILES string of the molecule is CCCC1(C(=O)O)CCCN1C(=O)N(C)C1CCC1. The second-order valence-corrected chi connectivity index (χ2v) is 5.82. The van der Waals surface area contributed by atoms with Crippen LogP contribution in [0, 0.1) is 0 Å². The first kappa shape index (κ1) is 14.2. The molecular weight excluding hydrogens is 244 g/mol. The molecule has 0 aromatic rings. The van der Waals surface area contributed by atoms with Gasteiger partial charge in [0.05, 0.1) is 0 Å². The lowest BCUT2D eigenvalue weighted by Gasteiger charge is -2.41. The van der Waals surface area contributed by atoms with E-state index in [0.29, 0.717) is 25.4 Å². The highest BCUT2D eigenvalue weighted by molar-refractivity contribution is 5.87. The fourth-order valence-electron chi connectivity index (χ4n) is 3.28. The van der Waals surface area contributed by atoms with Crippen molar-refractivity contribution >= 4 is 12.0 Å². The molecule has 2 amide bonds. The highest BCUT2D eigenvalue weighted by atomic mass is 16.4. The number of urea groups is 1. The third-order valence-electron chi connectivity index (χ3n) is 4.71. The van der Waals surface area contributed by atoms with Gasteiger partial charge in [0.25, 0.3) is 0 Å². The minimum atomic E-state index is -0.968. The van der Waals surface area contributed by atoms with Gasteiger partial charge in [0.2, 0.25) is 0 Å². The monoisotopic (exact) mass is 268 g/mol. The van der Waals surface area contributed by atoms with Crippen LogP contribution in [0.1, 0.15) is 51.9 Å². The number of hydrogen-bond donors (Lipinski definition) is 1. The van der Waals surface area contributed by atoms with Gasteiger partial charge in [-0.15, -0.1) is 0 Å². The van der Waals surface area contributed by atoms with Crippen molar-refractivity contribution in [3.63, 3.8) is 0 Å². The Labute approximate surface area is 114 Å². The van der Waals surface area contributed by atoms with Gasteiger partial charge in [-0.3, -0.25) is 0 Å². The lowest BCUT2D eigenvalue weighted by atomic mass is 9.90. The Morgan fingerprint density at radius 2 is 2.05 bits per heavy atom. The summed E-state index contributed by atoms with van der Waals surface area (Å²) in [7, 11) is 1.81. The minimum Gasteiger partial charge on any atom is -0.479 e. The number of hydrogen-bond acceptors (Lipinski definition) is 2. The highest BCUT2D eigenvalue weighted by Crippen LogP contribution is 2.36. The third-order valence-corrected chi connectivity index (χ3v) is 4.71. The Hall–Kier alpha value is -1.26. The van der Waals surface area contributed by atoms with Gasteiger partial charge in [0, 0.05) is 19.6 Å². The van der Waals surface area contributed by atoms with Gasteiger partial charge in [-0.2, -0.15) is 0 Å². The molecule has 1 N–H and O–H groups in total.